The van der Waals surface area contributed by atoms with Crippen LogP contribution >= 0.6 is 11.8 Å². The fourth-order valence-electron chi connectivity index (χ4n) is 2.79. The lowest BCUT2D eigenvalue weighted by atomic mass is 10.2. The number of ether oxygens (including phenoxy) is 1. The smallest absolute Gasteiger partial charge is 0.264 e. The first-order chi connectivity index (χ1) is 14.3. The van der Waals surface area contributed by atoms with Crippen LogP contribution in [-0.2, 0) is 10.0 Å². The van der Waals surface area contributed by atoms with Crippen LogP contribution in [0.15, 0.2) is 82.6 Å². The molecule has 0 aliphatic carbocycles. The molecule has 6 nitrogen and oxygen atoms in total. The van der Waals surface area contributed by atoms with Crippen LogP contribution in [-0.4, -0.2) is 34.7 Å². The normalized spacial score (nSPS) is 11.0. The minimum absolute atomic E-state index is 0.134. The highest BCUT2D eigenvalue weighted by Gasteiger charge is 2.22. The number of rotatable bonds is 7. The molecule has 0 saturated heterocycles. The van der Waals surface area contributed by atoms with E-state index in [1.165, 1.54) is 26.3 Å². The quantitative estimate of drug-likeness (QED) is 0.546. The van der Waals surface area contributed by atoms with Gasteiger partial charge in [0.15, 0.2) is 0 Å². The number of anilines is 2. The minimum atomic E-state index is -3.78. The van der Waals surface area contributed by atoms with Crippen molar-refractivity contribution in [3.63, 3.8) is 0 Å². The maximum absolute atomic E-state index is 13.0. The van der Waals surface area contributed by atoms with Crippen molar-refractivity contribution >= 4 is 39.1 Å². The van der Waals surface area contributed by atoms with E-state index >= 15 is 0 Å². The van der Waals surface area contributed by atoms with Crippen LogP contribution in [0.5, 0.6) is 5.75 Å². The van der Waals surface area contributed by atoms with E-state index in [0.717, 1.165) is 9.20 Å². The van der Waals surface area contributed by atoms with Crippen LogP contribution in [0, 0.1) is 0 Å². The minimum Gasteiger partial charge on any atom is -0.497 e. The van der Waals surface area contributed by atoms with E-state index in [-0.39, 0.29) is 10.8 Å². The van der Waals surface area contributed by atoms with Gasteiger partial charge in [0.1, 0.15) is 5.75 Å². The Bertz CT molecular complexity index is 1150. The highest BCUT2D eigenvalue weighted by molar-refractivity contribution is 7.98. The average Bonchev–Trinajstić information content (AvgIpc) is 2.78. The Kier molecular flexibility index (Phi) is 6.69. The van der Waals surface area contributed by atoms with Gasteiger partial charge in [0.25, 0.3) is 15.9 Å². The first-order valence-electron chi connectivity index (χ1n) is 9.03. The standard InChI is InChI=1S/C22H22N2O4S2/c1-24(30(26,27)21-12-10-19(28-2)11-13-21)18-8-4-6-16(14-18)22(25)23-17-7-5-9-20(15-17)29-3/h4-15H,1-3H3,(H,23,25). The summed E-state index contributed by atoms with van der Waals surface area (Å²) in [6, 6.07) is 20.2. The highest BCUT2D eigenvalue weighted by Crippen LogP contribution is 2.25. The molecule has 0 unspecified atom stereocenters. The summed E-state index contributed by atoms with van der Waals surface area (Å²) in [5.41, 5.74) is 1.42. The van der Waals surface area contributed by atoms with Crippen molar-refractivity contribution in [2.75, 3.05) is 30.0 Å². The molecule has 0 aliphatic rings. The molecular weight excluding hydrogens is 420 g/mol. The lowest BCUT2D eigenvalue weighted by Crippen LogP contribution is -2.26. The Morgan fingerprint density at radius 3 is 2.37 bits per heavy atom. The third kappa shape index (κ3) is 4.77. The number of sulfonamides is 1. The van der Waals surface area contributed by atoms with E-state index in [1.54, 1.807) is 48.2 Å². The largest absolute Gasteiger partial charge is 0.497 e. The molecule has 1 amide bonds. The zero-order chi connectivity index (χ0) is 21.7. The molecule has 3 rings (SSSR count). The van der Waals surface area contributed by atoms with Gasteiger partial charge in [-0.15, -0.1) is 11.8 Å². The molecule has 0 fully saturated rings. The summed E-state index contributed by atoms with van der Waals surface area (Å²) in [7, 11) is -0.810. The van der Waals surface area contributed by atoms with Crippen molar-refractivity contribution in [1.82, 2.24) is 0 Å². The van der Waals surface area contributed by atoms with Crippen molar-refractivity contribution in [1.29, 1.82) is 0 Å². The summed E-state index contributed by atoms with van der Waals surface area (Å²) in [5.74, 6) is 0.256. The third-order valence-corrected chi connectivity index (χ3v) is 7.04. The number of carbonyl (C=O) groups excluding carboxylic acids is 1. The van der Waals surface area contributed by atoms with Gasteiger partial charge in [-0.2, -0.15) is 0 Å². The molecule has 0 heterocycles. The van der Waals surface area contributed by atoms with E-state index in [1.807, 2.05) is 30.5 Å². The topological polar surface area (TPSA) is 75.7 Å². The van der Waals surface area contributed by atoms with Crippen LogP contribution in [0.1, 0.15) is 10.4 Å². The van der Waals surface area contributed by atoms with Crippen LogP contribution in [0.3, 0.4) is 0 Å². The Morgan fingerprint density at radius 1 is 1.00 bits per heavy atom. The number of thioether (sulfide) groups is 1. The van der Waals surface area contributed by atoms with Gasteiger partial charge in [-0.05, 0) is 66.9 Å². The molecular formula is C22H22N2O4S2. The molecule has 30 heavy (non-hydrogen) atoms. The molecule has 0 radical (unpaired) electrons. The van der Waals surface area contributed by atoms with E-state index in [0.29, 0.717) is 22.7 Å². The molecule has 0 aliphatic heterocycles. The molecule has 1 N–H and O–H groups in total. The lowest BCUT2D eigenvalue weighted by Gasteiger charge is -2.20. The van der Waals surface area contributed by atoms with Crippen molar-refractivity contribution in [3.05, 3.63) is 78.4 Å². The van der Waals surface area contributed by atoms with Gasteiger partial charge in [0.05, 0.1) is 17.7 Å². The molecule has 0 saturated carbocycles. The van der Waals surface area contributed by atoms with Gasteiger partial charge < -0.3 is 10.1 Å². The molecule has 8 heteroatoms. The fourth-order valence-corrected chi connectivity index (χ4v) is 4.44. The van der Waals surface area contributed by atoms with E-state index in [2.05, 4.69) is 5.32 Å². The number of amides is 1. The summed E-state index contributed by atoms with van der Waals surface area (Å²) in [4.78, 5) is 13.8. The molecule has 0 aromatic heterocycles. The summed E-state index contributed by atoms with van der Waals surface area (Å²) in [5, 5.41) is 2.85. The Labute approximate surface area is 180 Å². The highest BCUT2D eigenvalue weighted by atomic mass is 32.2. The van der Waals surface area contributed by atoms with Crippen molar-refractivity contribution in [2.24, 2.45) is 0 Å². The molecule has 3 aromatic rings. The number of benzene rings is 3. The second-order valence-corrected chi connectivity index (χ2v) is 9.23. The average molecular weight is 443 g/mol. The second-order valence-electron chi connectivity index (χ2n) is 6.38. The summed E-state index contributed by atoms with van der Waals surface area (Å²) >= 11 is 1.58. The zero-order valence-corrected chi connectivity index (χ0v) is 18.5. The van der Waals surface area contributed by atoms with Gasteiger partial charge in [0, 0.05) is 23.2 Å². The van der Waals surface area contributed by atoms with E-state index < -0.39 is 10.0 Å². The number of methoxy groups -OCH3 is 1. The maximum atomic E-state index is 13.0. The van der Waals surface area contributed by atoms with Crippen molar-refractivity contribution in [3.8, 4) is 5.75 Å². The monoisotopic (exact) mass is 442 g/mol. The Hall–Kier alpha value is -2.97. The van der Waals surface area contributed by atoms with Gasteiger partial charge in [-0.25, -0.2) is 8.42 Å². The van der Waals surface area contributed by atoms with Crippen molar-refractivity contribution in [2.45, 2.75) is 9.79 Å². The number of nitrogens with zero attached hydrogens (tertiary/aromatic N) is 1. The van der Waals surface area contributed by atoms with Gasteiger partial charge >= 0.3 is 0 Å². The molecule has 156 valence electrons. The summed E-state index contributed by atoms with van der Waals surface area (Å²) in [6.45, 7) is 0. The lowest BCUT2D eigenvalue weighted by molar-refractivity contribution is 0.102. The van der Waals surface area contributed by atoms with E-state index in [4.69, 9.17) is 4.74 Å². The predicted molar refractivity (Wildman–Crippen MR) is 121 cm³/mol. The number of hydrogen-bond donors (Lipinski definition) is 1. The Morgan fingerprint density at radius 2 is 1.70 bits per heavy atom. The first kappa shape index (κ1) is 21.7. The van der Waals surface area contributed by atoms with Gasteiger partial charge in [0.2, 0.25) is 0 Å². The third-order valence-electron chi connectivity index (χ3n) is 4.52. The van der Waals surface area contributed by atoms with E-state index in [9.17, 15) is 13.2 Å². The van der Waals surface area contributed by atoms with Gasteiger partial charge in [-0.1, -0.05) is 12.1 Å². The van der Waals surface area contributed by atoms with Crippen LogP contribution in [0.4, 0.5) is 11.4 Å². The predicted octanol–water partition coefficient (Wildman–Crippen LogP) is 4.49. The first-order valence-corrected chi connectivity index (χ1v) is 11.7. The molecule has 3 aromatic carbocycles. The molecule has 0 atom stereocenters. The van der Waals surface area contributed by atoms with Gasteiger partial charge in [-0.3, -0.25) is 9.10 Å². The SMILES string of the molecule is COc1ccc(S(=O)(=O)N(C)c2cccc(C(=O)Nc3cccc(SC)c3)c2)cc1. The maximum Gasteiger partial charge on any atom is 0.264 e. The number of carbonyl (C=O) groups is 1. The number of hydrogen-bond acceptors (Lipinski definition) is 5. The molecule has 0 spiro atoms. The Balaban J connectivity index is 1.83. The molecule has 0 bridgehead atoms. The van der Waals surface area contributed by atoms with Crippen molar-refractivity contribution < 1.29 is 17.9 Å². The second kappa shape index (κ2) is 9.23. The van der Waals surface area contributed by atoms with Crippen LogP contribution in [0.25, 0.3) is 0 Å². The number of nitrogens with one attached hydrogen (secondary N) is 1. The zero-order valence-electron chi connectivity index (χ0n) is 16.8. The summed E-state index contributed by atoms with van der Waals surface area (Å²) < 4.78 is 32.1. The fraction of sp³-hybridized carbons (Fsp3) is 0.136. The van der Waals surface area contributed by atoms with Crippen LogP contribution < -0.4 is 14.4 Å². The summed E-state index contributed by atoms with van der Waals surface area (Å²) in [6.07, 6.45) is 1.96. The van der Waals surface area contributed by atoms with Crippen LogP contribution in [0.2, 0.25) is 0 Å².